The Bertz CT molecular complexity index is 1150. The van der Waals surface area contributed by atoms with Gasteiger partial charge in [0.2, 0.25) is 0 Å². The highest BCUT2D eigenvalue weighted by molar-refractivity contribution is 5.71. The van der Waals surface area contributed by atoms with Gasteiger partial charge in [-0.05, 0) is 91.5 Å². The Morgan fingerprint density at radius 1 is 0.974 bits per heavy atom. The first-order chi connectivity index (χ1) is 18.3. The Balaban J connectivity index is 1.35. The summed E-state index contributed by atoms with van der Waals surface area (Å²) in [5.41, 5.74) is 3.51. The number of nitrogens with zero attached hydrogens (tertiary/aromatic N) is 1. The number of likely N-dealkylation sites (tertiary alicyclic amines) is 1. The molecular weight excluding hydrogens is 478 g/mol. The van der Waals surface area contributed by atoms with Crippen LogP contribution in [-0.2, 0) is 23.4 Å². The van der Waals surface area contributed by atoms with Gasteiger partial charge in [0, 0.05) is 0 Å². The SMILES string of the molecule is Cc1c(CC(=O)O)ccc([C@@H](O)CCCN2CCC(C(O)(c3ccccc3)c3ccccc3)CC2)c1CO. The fraction of sp³-hybridized carbons (Fsp3) is 0.406. The van der Waals surface area contributed by atoms with Gasteiger partial charge in [-0.3, -0.25) is 4.79 Å². The fourth-order valence-electron chi connectivity index (χ4n) is 5.96. The Morgan fingerprint density at radius 2 is 1.55 bits per heavy atom. The van der Waals surface area contributed by atoms with Crippen LogP contribution in [0.2, 0.25) is 0 Å². The van der Waals surface area contributed by atoms with Gasteiger partial charge in [0.1, 0.15) is 5.60 Å². The molecule has 38 heavy (non-hydrogen) atoms. The first kappa shape index (κ1) is 28.0. The Morgan fingerprint density at radius 3 is 2.08 bits per heavy atom. The van der Waals surface area contributed by atoms with E-state index in [2.05, 4.69) is 4.90 Å². The largest absolute Gasteiger partial charge is 0.481 e. The van der Waals surface area contributed by atoms with E-state index in [1.165, 1.54) is 0 Å². The van der Waals surface area contributed by atoms with Crippen LogP contribution in [0.15, 0.2) is 72.8 Å². The molecular formula is C32H39NO5. The Labute approximate surface area is 225 Å². The molecule has 3 aromatic carbocycles. The maximum atomic E-state index is 12.1. The third-order valence-corrected chi connectivity index (χ3v) is 8.16. The van der Waals surface area contributed by atoms with Crippen molar-refractivity contribution in [3.05, 3.63) is 106 Å². The van der Waals surface area contributed by atoms with E-state index in [1.807, 2.05) is 60.7 Å². The smallest absolute Gasteiger partial charge is 0.307 e. The molecule has 6 heteroatoms. The van der Waals surface area contributed by atoms with E-state index in [-0.39, 0.29) is 18.9 Å². The number of benzene rings is 3. The van der Waals surface area contributed by atoms with Crippen molar-refractivity contribution >= 4 is 5.97 Å². The number of aliphatic hydroxyl groups is 3. The second-order valence-corrected chi connectivity index (χ2v) is 10.4. The first-order valence-electron chi connectivity index (χ1n) is 13.5. The van der Waals surface area contributed by atoms with Crippen molar-refractivity contribution in [2.24, 2.45) is 5.92 Å². The molecule has 0 amide bonds. The normalized spacial score (nSPS) is 15.9. The topological polar surface area (TPSA) is 101 Å². The molecule has 6 nitrogen and oxygen atoms in total. The van der Waals surface area contributed by atoms with Gasteiger partial charge in [-0.15, -0.1) is 0 Å². The second kappa shape index (κ2) is 12.7. The minimum absolute atomic E-state index is 0.102. The molecule has 1 aliphatic heterocycles. The summed E-state index contributed by atoms with van der Waals surface area (Å²) in [5, 5.41) is 42.0. The van der Waals surface area contributed by atoms with E-state index in [0.29, 0.717) is 23.1 Å². The van der Waals surface area contributed by atoms with Crippen LogP contribution in [-0.4, -0.2) is 50.9 Å². The monoisotopic (exact) mass is 517 g/mol. The van der Waals surface area contributed by atoms with Crippen molar-refractivity contribution in [2.75, 3.05) is 19.6 Å². The van der Waals surface area contributed by atoms with Crippen LogP contribution in [0.3, 0.4) is 0 Å². The number of carboxylic acids is 1. The highest BCUT2D eigenvalue weighted by atomic mass is 16.4. The molecule has 1 atom stereocenters. The van der Waals surface area contributed by atoms with Crippen molar-refractivity contribution in [3.63, 3.8) is 0 Å². The number of aliphatic carboxylic acids is 1. The Kier molecular flexibility index (Phi) is 9.34. The highest BCUT2D eigenvalue weighted by Gasteiger charge is 2.41. The van der Waals surface area contributed by atoms with Crippen molar-refractivity contribution in [1.82, 2.24) is 4.90 Å². The summed E-state index contributed by atoms with van der Waals surface area (Å²) in [4.78, 5) is 13.5. The average molecular weight is 518 g/mol. The standard InChI is InChI=1S/C32H39NO5/c1-23-24(21-31(36)37)14-15-28(29(23)22-34)30(35)13-8-18-33-19-16-27(17-20-33)32(38,25-9-4-2-5-10-25)26-11-6-3-7-12-26/h2-7,9-12,14-15,27,30,34-35,38H,8,13,16-22H2,1H3,(H,36,37)/t30-/m0/s1. The summed E-state index contributed by atoms with van der Waals surface area (Å²) in [6, 6.07) is 23.4. The number of carboxylic acid groups (broad SMARTS) is 1. The maximum absolute atomic E-state index is 12.1. The van der Waals surface area contributed by atoms with Crippen LogP contribution in [0.5, 0.6) is 0 Å². The molecule has 1 heterocycles. The molecule has 1 aliphatic rings. The summed E-state index contributed by atoms with van der Waals surface area (Å²) < 4.78 is 0. The van der Waals surface area contributed by atoms with Crippen LogP contribution in [0.4, 0.5) is 0 Å². The summed E-state index contributed by atoms with van der Waals surface area (Å²) in [7, 11) is 0. The van der Waals surface area contributed by atoms with Crippen molar-refractivity contribution in [2.45, 2.75) is 57.3 Å². The van der Waals surface area contributed by atoms with Crippen LogP contribution in [0.1, 0.15) is 65.2 Å². The predicted octanol–water partition coefficient (Wildman–Crippen LogP) is 4.58. The van der Waals surface area contributed by atoms with Crippen LogP contribution in [0.25, 0.3) is 0 Å². The molecule has 1 fully saturated rings. The molecule has 0 aliphatic carbocycles. The summed E-state index contributed by atoms with van der Waals surface area (Å²) >= 11 is 0. The van der Waals surface area contributed by atoms with Gasteiger partial charge in [-0.25, -0.2) is 0 Å². The summed E-state index contributed by atoms with van der Waals surface area (Å²) in [6.45, 7) is 4.19. The van der Waals surface area contributed by atoms with Crippen LogP contribution < -0.4 is 0 Å². The number of carbonyl (C=O) groups is 1. The van der Waals surface area contributed by atoms with Gasteiger partial charge in [0.15, 0.2) is 0 Å². The summed E-state index contributed by atoms with van der Waals surface area (Å²) in [6.07, 6.45) is 2.29. The lowest BCUT2D eigenvalue weighted by Crippen LogP contribution is -2.44. The van der Waals surface area contributed by atoms with E-state index in [9.17, 15) is 20.1 Å². The molecule has 202 valence electrons. The van der Waals surface area contributed by atoms with Crippen LogP contribution in [0, 0.1) is 12.8 Å². The summed E-state index contributed by atoms with van der Waals surface area (Å²) in [5.74, 6) is -0.811. The molecule has 4 rings (SSSR count). The van der Waals surface area contributed by atoms with Crippen LogP contribution >= 0.6 is 0 Å². The highest BCUT2D eigenvalue weighted by Crippen LogP contribution is 2.42. The first-order valence-corrected chi connectivity index (χ1v) is 13.5. The van der Waals surface area contributed by atoms with Gasteiger partial charge < -0.3 is 25.3 Å². The molecule has 0 spiro atoms. The third kappa shape index (κ3) is 6.16. The van der Waals surface area contributed by atoms with E-state index in [1.54, 1.807) is 19.1 Å². The number of hydrogen-bond donors (Lipinski definition) is 4. The average Bonchev–Trinajstić information content (AvgIpc) is 2.94. The molecule has 3 aromatic rings. The minimum Gasteiger partial charge on any atom is -0.481 e. The van der Waals surface area contributed by atoms with Crippen molar-refractivity contribution < 1.29 is 25.2 Å². The third-order valence-electron chi connectivity index (χ3n) is 8.16. The molecule has 1 saturated heterocycles. The molecule has 0 bridgehead atoms. The van der Waals surface area contributed by atoms with Gasteiger partial charge >= 0.3 is 5.97 Å². The van der Waals surface area contributed by atoms with Gasteiger partial charge in [-0.1, -0.05) is 72.8 Å². The zero-order valence-electron chi connectivity index (χ0n) is 22.1. The van der Waals surface area contributed by atoms with Gasteiger partial charge in [0.05, 0.1) is 19.1 Å². The van der Waals surface area contributed by atoms with Gasteiger partial charge in [0.25, 0.3) is 0 Å². The number of rotatable bonds is 11. The molecule has 0 unspecified atom stereocenters. The zero-order chi connectivity index (χ0) is 27.1. The van der Waals surface area contributed by atoms with Crippen molar-refractivity contribution in [3.8, 4) is 0 Å². The lowest BCUT2D eigenvalue weighted by Gasteiger charge is -2.42. The van der Waals surface area contributed by atoms with E-state index < -0.39 is 17.7 Å². The van der Waals surface area contributed by atoms with Gasteiger partial charge in [-0.2, -0.15) is 0 Å². The molecule has 0 saturated carbocycles. The number of hydrogen-bond acceptors (Lipinski definition) is 5. The number of aliphatic hydroxyl groups excluding tert-OH is 2. The maximum Gasteiger partial charge on any atom is 0.307 e. The minimum atomic E-state index is -1.03. The van der Waals surface area contributed by atoms with E-state index >= 15 is 0 Å². The predicted molar refractivity (Wildman–Crippen MR) is 148 cm³/mol. The van der Waals surface area contributed by atoms with E-state index in [4.69, 9.17) is 5.11 Å². The molecule has 4 N–H and O–H groups in total. The Hall–Kier alpha value is -3.03. The van der Waals surface area contributed by atoms with E-state index in [0.717, 1.165) is 55.6 Å². The lowest BCUT2D eigenvalue weighted by molar-refractivity contribution is -0.136. The van der Waals surface area contributed by atoms with Crippen molar-refractivity contribution in [1.29, 1.82) is 0 Å². The molecule has 0 aromatic heterocycles. The quantitative estimate of drug-likeness (QED) is 0.297. The number of piperidine rings is 1. The lowest BCUT2D eigenvalue weighted by atomic mass is 9.72. The fourth-order valence-corrected chi connectivity index (χ4v) is 5.96. The zero-order valence-corrected chi connectivity index (χ0v) is 22.1. The molecule has 0 radical (unpaired) electrons. The second-order valence-electron chi connectivity index (χ2n) is 10.4.